The molecule has 6 nitrogen and oxygen atoms in total. The number of aromatic nitrogens is 2. The second kappa shape index (κ2) is 9.67. The number of nitrogens with one attached hydrogen (secondary N) is 1. The van der Waals surface area contributed by atoms with Crippen LogP contribution in [-0.2, 0) is 11.4 Å². The van der Waals surface area contributed by atoms with Crippen LogP contribution in [0.15, 0.2) is 84.5 Å². The zero-order chi connectivity index (χ0) is 20.6. The van der Waals surface area contributed by atoms with Gasteiger partial charge in [-0.1, -0.05) is 30.3 Å². The number of rotatable bonds is 8. The van der Waals surface area contributed by atoms with Crippen LogP contribution in [0.4, 0.5) is 5.13 Å². The molecule has 0 spiro atoms. The fourth-order valence-electron chi connectivity index (χ4n) is 2.66. The zero-order valence-corrected chi connectivity index (χ0v) is 16.8. The fraction of sp³-hybridized carbons (Fsp3) is 0.0870. The smallest absolute Gasteiger partial charge is 0.264 e. The lowest BCUT2D eigenvalue weighted by molar-refractivity contribution is -0.118. The minimum Gasteiger partial charge on any atom is -0.489 e. The number of anilines is 1. The highest BCUT2D eigenvalue weighted by molar-refractivity contribution is 7.14. The first-order chi connectivity index (χ1) is 14.8. The summed E-state index contributed by atoms with van der Waals surface area (Å²) in [6, 6.07) is 20.9. The van der Waals surface area contributed by atoms with Crippen molar-refractivity contribution in [1.29, 1.82) is 0 Å². The van der Waals surface area contributed by atoms with E-state index in [0.717, 1.165) is 22.6 Å². The third kappa shape index (κ3) is 5.42. The molecule has 0 saturated heterocycles. The molecule has 150 valence electrons. The maximum Gasteiger partial charge on any atom is 0.264 e. The molecule has 7 heteroatoms. The van der Waals surface area contributed by atoms with Gasteiger partial charge in [-0.2, -0.15) is 0 Å². The molecule has 2 aromatic heterocycles. The molecule has 0 atom stereocenters. The molecular formula is C23H19N3O3S. The fourth-order valence-corrected chi connectivity index (χ4v) is 3.39. The number of hydrogen-bond acceptors (Lipinski definition) is 6. The number of benzene rings is 2. The molecule has 0 aliphatic carbocycles. The number of carbonyl (C=O) groups excluding carboxylic acids is 1. The van der Waals surface area contributed by atoms with Gasteiger partial charge in [-0.05, 0) is 42.0 Å². The Morgan fingerprint density at radius 3 is 2.43 bits per heavy atom. The highest BCUT2D eigenvalue weighted by Crippen LogP contribution is 2.24. The van der Waals surface area contributed by atoms with Crippen molar-refractivity contribution >= 4 is 22.4 Å². The van der Waals surface area contributed by atoms with E-state index in [1.54, 1.807) is 24.5 Å². The molecule has 1 N–H and O–H groups in total. The van der Waals surface area contributed by atoms with Crippen molar-refractivity contribution in [3.63, 3.8) is 0 Å². The van der Waals surface area contributed by atoms with Gasteiger partial charge in [-0.25, -0.2) is 4.98 Å². The highest BCUT2D eigenvalue weighted by Gasteiger charge is 2.09. The van der Waals surface area contributed by atoms with Gasteiger partial charge in [0.05, 0.1) is 5.69 Å². The predicted octanol–water partition coefficient (Wildman–Crippen LogP) is 4.80. The van der Waals surface area contributed by atoms with Gasteiger partial charge < -0.3 is 9.47 Å². The summed E-state index contributed by atoms with van der Waals surface area (Å²) < 4.78 is 11.3. The maximum absolute atomic E-state index is 12.2. The summed E-state index contributed by atoms with van der Waals surface area (Å²) in [5.74, 6) is 1.06. The molecule has 0 saturated carbocycles. The highest BCUT2D eigenvalue weighted by atomic mass is 32.1. The molecule has 4 rings (SSSR count). The number of amides is 1. The van der Waals surface area contributed by atoms with Crippen LogP contribution < -0.4 is 14.8 Å². The first-order valence-electron chi connectivity index (χ1n) is 9.32. The summed E-state index contributed by atoms with van der Waals surface area (Å²) in [6.45, 7) is 0.393. The summed E-state index contributed by atoms with van der Waals surface area (Å²) in [7, 11) is 0. The van der Waals surface area contributed by atoms with E-state index >= 15 is 0 Å². The third-order valence-electron chi connectivity index (χ3n) is 4.15. The second-order valence-corrected chi connectivity index (χ2v) is 7.22. The molecular weight excluding hydrogens is 398 g/mol. The van der Waals surface area contributed by atoms with Crippen LogP contribution in [0.3, 0.4) is 0 Å². The van der Waals surface area contributed by atoms with Crippen molar-refractivity contribution in [2.45, 2.75) is 6.61 Å². The van der Waals surface area contributed by atoms with E-state index in [1.165, 1.54) is 11.3 Å². The van der Waals surface area contributed by atoms with Gasteiger partial charge >= 0.3 is 0 Å². The lowest BCUT2D eigenvalue weighted by Crippen LogP contribution is -2.20. The van der Waals surface area contributed by atoms with Gasteiger partial charge in [0.25, 0.3) is 5.91 Å². The van der Waals surface area contributed by atoms with Crippen molar-refractivity contribution in [2.24, 2.45) is 0 Å². The van der Waals surface area contributed by atoms with Crippen molar-refractivity contribution in [3.8, 4) is 22.8 Å². The van der Waals surface area contributed by atoms with Crippen LogP contribution >= 0.6 is 11.3 Å². The van der Waals surface area contributed by atoms with Crippen LogP contribution in [0.5, 0.6) is 11.5 Å². The molecule has 2 aromatic carbocycles. The third-order valence-corrected chi connectivity index (χ3v) is 4.91. The minimum atomic E-state index is -0.272. The number of nitrogens with zero attached hydrogens (tertiary/aromatic N) is 2. The molecule has 0 unspecified atom stereocenters. The van der Waals surface area contributed by atoms with Gasteiger partial charge in [0.15, 0.2) is 11.7 Å². The Kier molecular flexibility index (Phi) is 6.31. The van der Waals surface area contributed by atoms with Gasteiger partial charge in [0.2, 0.25) is 0 Å². The first kappa shape index (κ1) is 19.6. The molecule has 0 fully saturated rings. The predicted molar refractivity (Wildman–Crippen MR) is 117 cm³/mol. The van der Waals surface area contributed by atoms with E-state index in [-0.39, 0.29) is 12.5 Å². The lowest BCUT2D eigenvalue weighted by Gasteiger charge is -2.08. The standard InChI is InChI=1S/C23H19N3O3S/c27-22(26-23-25-21(16-30-23)18-7-4-12-24-13-18)15-29-20-10-8-19(9-11-20)28-14-17-5-2-1-3-6-17/h1-13,16H,14-15H2,(H,25,26,27). The van der Waals surface area contributed by atoms with Crippen LogP contribution in [0.25, 0.3) is 11.3 Å². The molecule has 0 radical (unpaired) electrons. The Bertz CT molecular complexity index is 1080. The second-order valence-electron chi connectivity index (χ2n) is 6.36. The van der Waals surface area contributed by atoms with Gasteiger partial charge in [0.1, 0.15) is 18.1 Å². The number of pyridine rings is 1. The van der Waals surface area contributed by atoms with Crippen molar-refractivity contribution in [2.75, 3.05) is 11.9 Å². The van der Waals surface area contributed by atoms with Crippen molar-refractivity contribution in [3.05, 3.63) is 90.1 Å². The van der Waals surface area contributed by atoms with Gasteiger partial charge in [-0.15, -0.1) is 11.3 Å². The first-order valence-corrected chi connectivity index (χ1v) is 10.2. The maximum atomic E-state index is 12.2. The summed E-state index contributed by atoms with van der Waals surface area (Å²) in [4.78, 5) is 20.6. The minimum absolute atomic E-state index is 0.105. The summed E-state index contributed by atoms with van der Waals surface area (Å²) >= 11 is 1.36. The van der Waals surface area contributed by atoms with Crippen LogP contribution in [-0.4, -0.2) is 22.5 Å². The average molecular weight is 417 g/mol. The van der Waals surface area contributed by atoms with Crippen LogP contribution in [0, 0.1) is 0 Å². The zero-order valence-electron chi connectivity index (χ0n) is 16.0. The lowest BCUT2D eigenvalue weighted by atomic mass is 10.2. The van der Waals surface area contributed by atoms with E-state index in [4.69, 9.17) is 9.47 Å². The average Bonchev–Trinajstić information content (AvgIpc) is 3.27. The Balaban J connectivity index is 1.24. The Labute approximate surface area is 178 Å². The Hall–Kier alpha value is -3.71. The molecule has 30 heavy (non-hydrogen) atoms. The quantitative estimate of drug-likeness (QED) is 0.446. The van der Waals surface area contributed by atoms with E-state index in [0.29, 0.717) is 17.5 Å². The Morgan fingerprint density at radius 2 is 1.70 bits per heavy atom. The molecule has 1 amide bonds. The molecule has 2 heterocycles. The molecule has 0 bridgehead atoms. The normalized spacial score (nSPS) is 10.4. The van der Waals surface area contributed by atoms with Crippen molar-refractivity contribution in [1.82, 2.24) is 9.97 Å². The summed E-state index contributed by atoms with van der Waals surface area (Å²) in [5.41, 5.74) is 2.78. The van der Waals surface area contributed by atoms with Crippen molar-refractivity contribution < 1.29 is 14.3 Å². The number of thiazole rings is 1. The van der Waals surface area contributed by atoms with Gasteiger partial charge in [0, 0.05) is 23.3 Å². The van der Waals surface area contributed by atoms with E-state index in [1.807, 2.05) is 60.0 Å². The SMILES string of the molecule is O=C(COc1ccc(OCc2ccccc2)cc1)Nc1nc(-c2cccnc2)cs1. The summed E-state index contributed by atoms with van der Waals surface area (Å²) in [5, 5.41) is 5.15. The number of carbonyl (C=O) groups is 1. The van der Waals surface area contributed by atoms with Crippen LogP contribution in [0.1, 0.15) is 5.56 Å². The van der Waals surface area contributed by atoms with Gasteiger partial charge in [-0.3, -0.25) is 15.1 Å². The molecule has 0 aliphatic rings. The van der Waals surface area contributed by atoms with E-state index in [2.05, 4.69) is 15.3 Å². The summed E-state index contributed by atoms with van der Waals surface area (Å²) in [6.07, 6.45) is 3.44. The largest absolute Gasteiger partial charge is 0.489 e. The van der Waals surface area contributed by atoms with Crippen LogP contribution in [0.2, 0.25) is 0 Å². The van der Waals surface area contributed by atoms with E-state index in [9.17, 15) is 4.79 Å². The molecule has 4 aromatic rings. The monoisotopic (exact) mass is 417 g/mol. The van der Waals surface area contributed by atoms with E-state index < -0.39 is 0 Å². The number of hydrogen-bond donors (Lipinski definition) is 1. The number of ether oxygens (including phenoxy) is 2. The topological polar surface area (TPSA) is 73.3 Å². The Morgan fingerprint density at radius 1 is 0.933 bits per heavy atom. The molecule has 0 aliphatic heterocycles.